The van der Waals surface area contributed by atoms with Crippen LogP contribution in [0.3, 0.4) is 0 Å². The van der Waals surface area contributed by atoms with Crippen LogP contribution in [0.4, 0.5) is 0 Å². The molecule has 5 heteroatoms. The van der Waals surface area contributed by atoms with Crippen molar-refractivity contribution in [2.24, 2.45) is 11.8 Å². The van der Waals surface area contributed by atoms with Gasteiger partial charge in [-0.2, -0.15) is 4.98 Å². The first-order chi connectivity index (χ1) is 9.74. The lowest BCUT2D eigenvalue weighted by Crippen LogP contribution is -2.33. The molecule has 20 heavy (non-hydrogen) atoms. The second-order valence-electron chi connectivity index (χ2n) is 6.41. The van der Waals surface area contributed by atoms with Gasteiger partial charge in [-0.1, -0.05) is 19.0 Å². The van der Waals surface area contributed by atoms with E-state index in [1.165, 1.54) is 25.7 Å². The van der Waals surface area contributed by atoms with E-state index in [2.05, 4.69) is 29.3 Å². The van der Waals surface area contributed by atoms with E-state index in [-0.39, 0.29) is 6.10 Å². The van der Waals surface area contributed by atoms with Gasteiger partial charge in [0, 0.05) is 19.0 Å². The SMILES string of the molecule is CC(C)C1CCC(c2noc(C3CNCCO3)n2)CC1. The van der Waals surface area contributed by atoms with Crippen LogP contribution in [-0.2, 0) is 4.74 Å². The predicted octanol–water partition coefficient (Wildman–Crippen LogP) is 2.66. The van der Waals surface area contributed by atoms with E-state index in [1.54, 1.807) is 0 Å². The van der Waals surface area contributed by atoms with Gasteiger partial charge in [0.1, 0.15) is 6.10 Å². The average molecular weight is 279 g/mol. The van der Waals surface area contributed by atoms with Gasteiger partial charge >= 0.3 is 0 Å². The monoisotopic (exact) mass is 279 g/mol. The van der Waals surface area contributed by atoms with Gasteiger partial charge in [-0.15, -0.1) is 0 Å². The van der Waals surface area contributed by atoms with Gasteiger partial charge in [-0.3, -0.25) is 0 Å². The van der Waals surface area contributed by atoms with Crippen molar-refractivity contribution in [2.45, 2.75) is 51.6 Å². The average Bonchev–Trinajstić information content (AvgIpc) is 2.98. The molecule has 1 unspecified atom stereocenters. The number of aromatic nitrogens is 2. The lowest BCUT2D eigenvalue weighted by atomic mass is 9.77. The lowest BCUT2D eigenvalue weighted by molar-refractivity contribution is 0.00755. The summed E-state index contributed by atoms with van der Waals surface area (Å²) in [6.07, 6.45) is 4.87. The summed E-state index contributed by atoms with van der Waals surface area (Å²) in [5.74, 6) is 3.65. The summed E-state index contributed by atoms with van der Waals surface area (Å²) in [6.45, 7) is 7.02. The quantitative estimate of drug-likeness (QED) is 0.921. The molecule has 0 aromatic carbocycles. The topological polar surface area (TPSA) is 60.2 Å². The third-order valence-electron chi connectivity index (χ3n) is 4.74. The second-order valence-corrected chi connectivity index (χ2v) is 6.41. The van der Waals surface area contributed by atoms with E-state index in [0.29, 0.717) is 18.4 Å². The Morgan fingerprint density at radius 2 is 2.00 bits per heavy atom. The Morgan fingerprint density at radius 1 is 1.20 bits per heavy atom. The van der Waals surface area contributed by atoms with E-state index >= 15 is 0 Å². The number of hydrogen-bond acceptors (Lipinski definition) is 5. The fraction of sp³-hybridized carbons (Fsp3) is 0.867. The van der Waals surface area contributed by atoms with Crippen LogP contribution in [0.25, 0.3) is 0 Å². The molecule has 2 fully saturated rings. The molecule has 1 aliphatic heterocycles. The van der Waals surface area contributed by atoms with Crippen LogP contribution >= 0.6 is 0 Å². The standard InChI is InChI=1S/C15H25N3O2/c1-10(2)11-3-5-12(6-4-11)14-17-15(20-18-14)13-9-16-7-8-19-13/h10-13,16H,3-9H2,1-2H3. The highest BCUT2D eigenvalue weighted by Crippen LogP contribution is 2.37. The lowest BCUT2D eigenvalue weighted by Gasteiger charge is -2.29. The van der Waals surface area contributed by atoms with E-state index in [4.69, 9.17) is 9.26 Å². The highest BCUT2D eigenvalue weighted by atomic mass is 16.5. The van der Waals surface area contributed by atoms with Gasteiger partial charge in [-0.25, -0.2) is 0 Å². The molecule has 2 aliphatic rings. The number of nitrogens with zero attached hydrogens (tertiary/aromatic N) is 2. The molecule has 0 bridgehead atoms. The zero-order chi connectivity index (χ0) is 13.9. The largest absolute Gasteiger partial charge is 0.366 e. The van der Waals surface area contributed by atoms with Crippen LogP contribution in [0.1, 0.15) is 63.3 Å². The Hall–Kier alpha value is -0.940. The minimum absolute atomic E-state index is 0.0722. The normalized spacial score (nSPS) is 31.6. The summed E-state index contributed by atoms with van der Waals surface area (Å²) < 4.78 is 11.1. The molecule has 0 radical (unpaired) electrons. The fourth-order valence-corrected chi connectivity index (χ4v) is 3.31. The molecular formula is C15H25N3O2. The summed E-state index contributed by atoms with van der Waals surface area (Å²) >= 11 is 0. The molecule has 1 saturated carbocycles. The first kappa shape index (κ1) is 14.0. The van der Waals surface area contributed by atoms with Crippen molar-refractivity contribution in [1.29, 1.82) is 0 Å². The van der Waals surface area contributed by atoms with Crippen molar-refractivity contribution in [2.75, 3.05) is 19.7 Å². The Labute approximate surface area is 120 Å². The summed E-state index contributed by atoms with van der Waals surface area (Å²) in [6, 6.07) is 0. The number of hydrogen-bond donors (Lipinski definition) is 1. The van der Waals surface area contributed by atoms with Gasteiger partial charge in [-0.05, 0) is 37.5 Å². The molecule has 5 nitrogen and oxygen atoms in total. The Bertz CT molecular complexity index is 419. The van der Waals surface area contributed by atoms with Crippen molar-refractivity contribution in [3.63, 3.8) is 0 Å². The van der Waals surface area contributed by atoms with Crippen molar-refractivity contribution in [3.8, 4) is 0 Å². The van der Waals surface area contributed by atoms with Gasteiger partial charge in [0.15, 0.2) is 5.82 Å². The second kappa shape index (κ2) is 6.22. The molecule has 1 N–H and O–H groups in total. The van der Waals surface area contributed by atoms with Gasteiger partial charge in [0.05, 0.1) is 6.61 Å². The van der Waals surface area contributed by atoms with Gasteiger partial charge in [0.25, 0.3) is 5.89 Å². The maximum atomic E-state index is 5.65. The molecule has 0 amide bonds. The Morgan fingerprint density at radius 3 is 2.65 bits per heavy atom. The first-order valence-corrected chi connectivity index (χ1v) is 7.90. The van der Waals surface area contributed by atoms with Crippen molar-refractivity contribution < 1.29 is 9.26 Å². The highest BCUT2D eigenvalue weighted by molar-refractivity contribution is 5.00. The zero-order valence-corrected chi connectivity index (χ0v) is 12.5. The minimum Gasteiger partial charge on any atom is -0.366 e. The van der Waals surface area contributed by atoms with E-state index in [0.717, 1.165) is 30.7 Å². The summed E-state index contributed by atoms with van der Waals surface area (Å²) in [5, 5.41) is 7.48. The third kappa shape index (κ3) is 3.04. The summed E-state index contributed by atoms with van der Waals surface area (Å²) in [7, 11) is 0. The molecule has 112 valence electrons. The van der Waals surface area contributed by atoms with Crippen LogP contribution in [0.15, 0.2) is 4.52 Å². The molecule has 1 aromatic rings. The summed E-state index contributed by atoms with van der Waals surface area (Å²) in [4.78, 5) is 4.58. The molecule has 1 aliphatic carbocycles. The maximum absolute atomic E-state index is 5.65. The van der Waals surface area contributed by atoms with Crippen LogP contribution in [0.5, 0.6) is 0 Å². The van der Waals surface area contributed by atoms with Crippen molar-refractivity contribution >= 4 is 0 Å². The third-order valence-corrected chi connectivity index (χ3v) is 4.74. The molecule has 0 spiro atoms. The van der Waals surface area contributed by atoms with Crippen LogP contribution in [-0.4, -0.2) is 29.8 Å². The predicted molar refractivity (Wildman–Crippen MR) is 75.4 cm³/mol. The number of nitrogens with one attached hydrogen (secondary N) is 1. The molecule has 1 saturated heterocycles. The van der Waals surface area contributed by atoms with Gasteiger partial charge in [0.2, 0.25) is 0 Å². The molecule has 1 atom stereocenters. The minimum atomic E-state index is -0.0722. The molecular weight excluding hydrogens is 254 g/mol. The maximum Gasteiger partial charge on any atom is 0.257 e. The number of ether oxygens (including phenoxy) is 1. The molecule has 3 rings (SSSR count). The first-order valence-electron chi connectivity index (χ1n) is 7.90. The zero-order valence-electron chi connectivity index (χ0n) is 12.5. The van der Waals surface area contributed by atoms with Crippen molar-refractivity contribution in [3.05, 3.63) is 11.7 Å². The number of rotatable bonds is 3. The van der Waals surface area contributed by atoms with Crippen LogP contribution < -0.4 is 5.32 Å². The van der Waals surface area contributed by atoms with Crippen LogP contribution in [0.2, 0.25) is 0 Å². The molecule has 1 aromatic heterocycles. The fourth-order valence-electron chi connectivity index (χ4n) is 3.31. The van der Waals surface area contributed by atoms with Crippen LogP contribution in [0, 0.1) is 11.8 Å². The van der Waals surface area contributed by atoms with E-state index < -0.39 is 0 Å². The van der Waals surface area contributed by atoms with E-state index in [9.17, 15) is 0 Å². The van der Waals surface area contributed by atoms with Gasteiger partial charge < -0.3 is 14.6 Å². The Kier molecular flexibility index (Phi) is 4.36. The molecule has 2 heterocycles. The van der Waals surface area contributed by atoms with Crippen molar-refractivity contribution in [1.82, 2.24) is 15.5 Å². The number of morpholine rings is 1. The smallest absolute Gasteiger partial charge is 0.257 e. The highest BCUT2D eigenvalue weighted by Gasteiger charge is 2.29. The van der Waals surface area contributed by atoms with E-state index in [1.807, 2.05) is 0 Å². The Balaban J connectivity index is 1.60. The summed E-state index contributed by atoms with van der Waals surface area (Å²) in [5.41, 5.74) is 0.